The van der Waals surface area contributed by atoms with E-state index in [2.05, 4.69) is 20.9 Å². The minimum absolute atomic E-state index is 0.0228. The predicted octanol–water partition coefficient (Wildman–Crippen LogP) is 4.16. The van der Waals surface area contributed by atoms with Crippen LogP contribution in [0.4, 0.5) is 0 Å². The highest BCUT2D eigenvalue weighted by atomic mass is 79.9. The van der Waals surface area contributed by atoms with Crippen molar-refractivity contribution in [3.63, 3.8) is 0 Å². The fourth-order valence-corrected chi connectivity index (χ4v) is 4.90. The molecule has 1 amide bonds. The number of aromatic nitrogens is 3. The Balaban J connectivity index is 1.87. The number of hydrogen-bond donors (Lipinski definition) is 0. The van der Waals surface area contributed by atoms with E-state index in [1.54, 1.807) is 54.1 Å². The van der Waals surface area contributed by atoms with Crippen LogP contribution in [0.15, 0.2) is 62.9 Å². The summed E-state index contributed by atoms with van der Waals surface area (Å²) in [6.45, 7) is 2.60. The van der Waals surface area contributed by atoms with Crippen LogP contribution >= 0.6 is 27.5 Å². The molecule has 3 aromatic heterocycles. The fourth-order valence-electron chi connectivity index (χ4n) is 4.34. The topological polar surface area (TPSA) is 104 Å². The van der Waals surface area contributed by atoms with E-state index in [9.17, 15) is 14.4 Å². The SMILES string of the molecule is CCOC(=O)c1cc2c(=O)n3ccccc3nc2n(CC2CCCO2)c1=NC(=O)c1cc(Br)ccc1Cl. The summed E-state index contributed by atoms with van der Waals surface area (Å²) >= 11 is 9.64. The third-order valence-corrected chi connectivity index (χ3v) is 6.88. The Kier molecular flexibility index (Phi) is 7.23. The van der Waals surface area contributed by atoms with E-state index in [0.29, 0.717) is 16.7 Å². The van der Waals surface area contributed by atoms with Gasteiger partial charge in [-0.2, -0.15) is 4.99 Å². The van der Waals surface area contributed by atoms with E-state index >= 15 is 0 Å². The van der Waals surface area contributed by atoms with Gasteiger partial charge in [0.25, 0.3) is 11.5 Å². The minimum Gasteiger partial charge on any atom is -0.462 e. The zero-order valence-electron chi connectivity index (χ0n) is 19.8. The van der Waals surface area contributed by atoms with Gasteiger partial charge in [-0.1, -0.05) is 33.6 Å². The lowest BCUT2D eigenvalue weighted by molar-refractivity contribution is 0.0521. The Bertz CT molecular complexity index is 1670. The Morgan fingerprint density at radius 2 is 2.08 bits per heavy atom. The van der Waals surface area contributed by atoms with Gasteiger partial charge in [0.05, 0.1) is 35.2 Å². The largest absolute Gasteiger partial charge is 0.462 e. The van der Waals surface area contributed by atoms with E-state index in [0.717, 1.165) is 12.8 Å². The van der Waals surface area contributed by atoms with Crippen LogP contribution in [0, 0.1) is 0 Å². The van der Waals surface area contributed by atoms with Crippen molar-refractivity contribution in [1.29, 1.82) is 0 Å². The van der Waals surface area contributed by atoms with Crippen molar-refractivity contribution in [2.45, 2.75) is 32.4 Å². The van der Waals surface area contributed by atoms with Gasteiger partial charge in [-0.05, 0) is 56.2 Å². The highest BCUT2D eigenvalue weighted by molar-refractivity contribution is 9.10. The molecule has 190 valence electrons. The molecule has 1 unspecified atom stereocenters. The molecule has 37 heavy (non-hydrogen) atoms. The van der Waals surface area contributed by atoms with Gasteiger partial charge in [-0.25, -0.2) is 9.78 Å². The molecule has 9 nitrogen and oxygen atoms in total. The summed E-state index contributed by atoms with van der Waals surface area (Å²) in [5.74, 6) is -1.37. The first kappa shape index (κ1) is 25.3. The van der Waals surface area contributed by atoms with E-state index in [1.807, 2.05) is 0 Å². The molecule has 5 rings (SSSR count). The van der Waals surface area contributed by atoms with E-state index in [4.69, 9.17) is 26.1 Å². The zero-order valence-corrected chi connectivity index (χ0v) is 22.2. The lowest BCUT2D eigenvalue weighted by Crippen LogP contribution is -2.35. The molecular formula is C26H22BrClN4O5. The first-order chi connectivity index (χ1) is 17.9. The molecule has 0 radical (unpaired) electrons. The third kappa shape index (κ3) is 4.96. The zero-order chi connectivity index (χ0) is 26.1. The second-order valence-corrected chi connectivity index (χ2v) is 9.79. The summed E-state index contributed by atoms with van der Waals surface area (Å²) in [5, 5.41) is 0.403. The van der Waals surface area contributed by atoms with Crippen LogP contribution < -0.4 is 11.0 Å². The highest BCUT2D eigenvalue weighted by Gasteiger charge is 2.24. The number of nitrogens with zero attached hydrogens (tertiary/aromatic N) is 4. The number of esters is 1. The first-order valence-electron chi connectivity index (χ1n) is 11.7. The van der Waals surface area contributed by atoms with Gasteiger partial charge in [0.15, 0.2) is 5.49 Å². The molecule has 1 aromatic carbocycles. The monoisotopic (exact) mass is 584 g/mol. The number of carbonyl (C=O) groups is 2. The molecular weight excluding hydrogens is 564 g/mol. The molecule has 4 aromatic rings. The molecule has 0 bridgehead atoms. The summed E-state index contributed by atoms with van der Waals surface area (Å²) in [7, 11) is 0. The van der Waals surface area contributed by atoms with Crippen molar-refractivity contribution in [3.8, 4) is 0 Å². The smallest absolute Gasteiger partial charge is 0.341 e. The normalized spacial score (nSPS) is 16.0. The van der Waals surface area contributed by atoms with Gasteiger partial charge in [0.1, 0.15) is 16.9 Å². The molecule has 1 aliphatic rings. The maximum Gasteiger partial charge on any atom is 0.341 e. The molecule has 1 aliphatic heterocycles. The predicted molar refractivity (Wildman–Crippen MR) is 141 cm³/mol. The fraction of sp³-hybridized carbons (Fsp3) is 0.269. The van der Waals surface area contributed by atoms with Crippen LogP contribution in [0.1, 0.15) is 40.5 Å². The van der Waals surface area contributed by atoms with Crippen molar-refractivity contribution in [2.24, 2.45) is 4.99 Å². The van der Waals surface area contributed by atoms with Gasteiger partial charge in [0.2, 0.25) is 0 Å². The van der Waals surface area contributed by atoms with Crippen molar-refractivity contribution in [1.82, 2.24) is 14.0 Å². The number of pyridine rings is 2. The highest BCUT2D eigenvalue weighted by Crippen LogP contribution is 2.22. The average Bonchev–Trinajstić information content (AvgIpc) is 3.40. The summed E-state index contributed by atoms with van der Waals surface area (Å²) in [4.78, 5) is 49.0. The van der Waals surface area contributed by atoms with Gasteiger partial charge < -0.3 is 14.0 Å². The lowest BCUT2D eigenvalue weighted by atomic mass is 10.1. The second kappa shape index (κ2) is 10.6. The minimum atomic E-state index is -0.713. The molecule has 0 saturated carbocycles. The van der Waals surface area contributed by atoms with Gasteiger partial charge >= 0.3 is 5.97 Å². The van der Waals surface area contributed by atoms with Crippen LogP contribution in [0.5, 0.6) is 0 Å². The van der Waals surface area contributed by atoms with Crippen LogP contribution in [-0.2, 0) is 16.0 Å². The molecule has 4 heterocycles. The van der Waals surface area contributed by atoms with Crippen LogP contribution in [0.3, 0.4) is 0 Å². The maximum absolute atomic E-state index is 13.5. The lowest BCUT2D eigenvalue weighted by Gasteiger charge is -2.18. The molecule has 1 saturated heterocycles. The summed E-state index contributed by atoms with van der Waals surface area (Å²) in [5.41, 5.74) is 0.487. The van der Waals surface area contributed by atoms with E-state index in [-0.39, 0.29) is 57.5 Å². The van der Waals surface area contributed by atoms with Crippen molar-refractivity contribution in [2.75, 3.05) is 13.2 Å². The second-order valence-electron chi connectivity index (χ2n) is 8.47. The number of carbonyl (C=O) groups excluding carboxylic acids is 2. The Morgan fingerprint density at radius 1 is 1.24 bits per heavy atom. The number of benzene rings is 1. The average molecular weight is 586 g/mol. The van der Waals surface area contributed by atoms with Crippen molar-refractivity contribution >= 4 is 56.1 Å². The van der Waals surface area contributed by atoms with Crippen molar-refractivity contribution in [3.05, 3.63) is 85.1 Å². The third-order valence-electron chi connectivity index (χ3n) is 6.06. The van der Waals surface area contributed by atoms with Crippen LogP contribution in [-0.4, -0.2) is 45.1 Å². The standard InChI is InChI=1S/C26H22BrClN4O5/c1-2-36-26(35)19-13-18-22(29-21-7-3-4-10-31(21)25(18)34)32(14-16-6-5-11-37-16)23(19)30-24(33)17-12-15(27)8-9-20(17)28/h3-4,7-10,12-13,16H,2,5-6,11,14H2,1H3. The molecule has 1 atom stereocenters. The Morgan fingerprint density at radius 3 is 2.84 bits per heavy atom. The summed E-state index contributed by atoms with van der Waals surface area (Å²) in [6, 6.07) is 11.4. The number of rotatable bonds is 5. The molecule has 11 heteroatoms. The number of halogens is 2. The van der Waals surface area contributed by atoms with Gasteiger partial charge in [0, 0.05) is 17.3 Å². The van der Waals surface area contributed by atoms with Crippen LogP contribution in [0.25, 0.3) is 16.7 Å². The summed E-state index contributed by atoms with van der Waals surface area (Å²) < 4.78 is 14.8. The maximum atomic E-state index is 13.5. The van der Waals surface area contributed by atoms with E-state index in [1.165, 1.54) is 10.5 Å². The van der Waals surface area contributed by atoms with Crippen LogP contribution in [0.2, 0.25) is 5.02 Å². The Labute approximate surface area is 224 Å². The summed E-state index contributed by atoms with van der Waals surface area (Å²) in [6.07, 6.45) is 3.05. The number of amides is 1. The number of hydrogen-bond acceptors (Lipinski definition) is 6. The molecule has 0 aliphatic carbocycles. The quantitative estimate of drug-likeness (QED) is 0.257. The van der Waals surface area contributed by atoms with Crippen molar-refractivity contribution < 1.29 is 19.1 Å². The molecule has 1 fully saturated rings. The molecule has 0 N–H and O–H groups in total. The number of fused-ring (bicyclic) bond motifs is 2. The van der Waals surface area contributed by atoms with Gasteiger partial charge in [-0.15, -0.1) is 0 Å². The number of ether oxygens (including phenoxy) is 2. The Hall–Kier alpha value is -3.34. The first-order valence-corrected chi connectivity index (χ1v) is 12.9. The van der Waals surface area contributed by atoms with E-state index < -0.39 is 11.9 Å². The molecule has 0 spiro atoms. The van der Waals surface area contributed by atoms with Gasteiger partial charge in [-0.3, -0.25) is 14.0 Å².